The molecule has 0 unspecified atom stereocenters. The van der Waals surface area contributed by atoms with E-state index in [0.29, 0.717) is 5.57 Å². The van der Waals surface area contributed by atoms with Gasteiger partial charge >= 0.3 is 0 Å². The Morgan fingerprint density at radius 2 is 2.11 bits per heavy atom. The van der Waals surface area contributed by atoms with Crippen LogP contribution in [0.2, 0.25) is 0 Å². The van der Waals surface area contributed by atoms with Crippen LogP contribution in [0, 0.1) is 0 Å². The first-order chi connectivity index (χ1) is 4.04. The van der Waals surface area contributed by atoms with E-state index >= 15 is 0 Å². The van der Waals surface area contributed by atoms with E-state index in [9.17, 15) is 0 Å². The maximum Gasteiger partial charge on any atom is 0.121 e. The van der Waals surface area contributed by atoms with Crippen molar-refractivity contribution in [3.63, 3.8) is 0 Å². The minimum atomic E-state index is -0.839. The smallest absolute Gasteiger partial charge is 0.121 e. The number of aliphatic hydroxyl groups is 1. The van der Waals surface area contributed by atoms with Gasteiger partial charge < -0.3 is 5.11 Å². The molecule has 2 N–H and O–H groups in total. The molecule has 0 aromatic heterocycles. The van der Waals surface area contributed by atoms with Crippen LogP contribution < -0.4 is 0 Å². The lowest BCUT2D eigenvalue weighted by molar-refractivity contribution is -0.301. The molecule has 0 aliphatic carbocycles. The molecule has 9 heavy (non-hydrogen) atoms. The molecule has 0 rings (SSSR count). The highest BCUT2D eigenvalue weighted by Crippen LogP contribution is 2.16. The Morgan fingerprint density at radius 1 is 1.67 bits per heavy atom. The van der Waals surface area contributed by atoms with Crippen molar-refractivity contribution in [2.45, 2.75) is 19.4 Å². The minimum Gasteiger partial charge on any atom is -0.392 e. The highest BCUT2D eigenvalue weighted by atomic mass is 17.1. The summed E-state index contributed by atoms with van der Waals surface area (Å²) in [6.07, 6.45) is 0. The van der Waals surface area contributed by atoms with Crippen LogP contribution in [0.15, 0.2) is 12.2 Å². The fraction of sp³-hybridized carbons (Fsp3) is 0.667. The normalized spacial score (nSPS) is 11.6. The number of aliphatic hydroxyl groups excluding tert-OH is 1. The van der Waals surface area contributed by atoms with Crippen molar-refractivity contribution in [1.29, 1.82) is 0 Å². The van der Waals surface area contributed by atoms with E-state index in [1.807, 2.05) is 0 Å². The summed E-state index contributed by atoms with van der Waals surface area (Å²) in [5.41, 5.74) is -0.389. The van der Waals surface area contributed by atoms with Crippen LogP contribution in [-0.2, 0) is 4.89 Å². The summed E-state index contributed by atoms with van der Waals surface area (Å²) < 4.78 is 0. The molecule has 3 nitrogen and oxygen atoms in total. The summed E-state index contributed by atoms with van der Waals surface area (Å²) in [5.74, 6) is 0. The molecule has 0 aliphatic heterocycles. The zero-order chi connectivity index (χ0) is 7.49. The first kappa shape index (κ1) is 8.62. The fourth-order valence-electron chi connectivity index (χ4n) is 0.255. The predicted molar refractivity (Wildman–Crippen MR) is 34.0 cm³/mol. The second-order valence-corrected chi connectivity index (χ2v) is 2.36. The van der Waals surface area contributed by atoms with Gasteiger partial charge in [0.05, 0.1) is 6.61 Å². The Bertz CT molecular complexity index is 107. The Hall–Kier alpha value is -0.380. The summed E-state index contributed by atoms with van der Waals surface area (Å²) in [5, 5.41) is 16.7. The van der Waals surface area contributed by atoms with E-state index in [2.05, 4.69) is 11.5 Å². The summed E-state index contributed by atoms with van der Waals surface area (Å²) >= 11 is 0. The van der Waals surface area contributed by atoms with E-state index in [-0.39, 0.29) is 6.61 Å². The molecule has 0 spiro atoms. The van der Waals surface area contributed by atoms with Crippen LogP contribution in [0.4, 0.5) is 0 Å². The predicted octanol–water partition coefficient (Wildman–Crippen LogP) is 0.803. The molecule has 0 radical (unpaired) electrons. The summed E-state index contributed by atoms with van der Waals surface area (Å²) in [7, 11) is 0. The molecule has 0 aromatic carbocycles. The molecule has 0 amide bonds. The van der Waals surface area contributed by atoms with Crippen LogP contribution in [0.5, 0.6) is 0 Å². The van der Waals surface area contributed by atoms with Crippen molar-refractivity contribution >= 4 is 0 Å². The third kappa shape index (κ3) is 2.13. The molecular weight excluding hydrogens is 120 g/mol. The monoisotopic (exact) mass is 132 g/mol. The van der Waals surface area contributed by atoms with Crippen LogP contribution in [0.1, 0.15) is 13.8 Å². The lowest BCUT2D eigenvalue weighted by Gasteiger charge is -2.21. The fourth-order valence-corrected chi connectivity index (χ4v) is 0.255. The number of hydrogen-bond acceptors (Lipinski definition) is 3. The molecule has 0 fully saturated rings. The lowest BCUT2D eigenvalue weighted by atomic mass is 10.0. The van der Waals surface area contributed by atoms with Gasteiger partial charge in [-0.15, -0.1) is 0 Å². The van der Waals surface area contributed by atoms with E-state index < -0.39 is 5.60 Å². The van der Waals surface area contributed by atoms with Crippen molar-refractivity contribution in [3.05, 3.63) is 12.2 Å². The summed E-state index contributed by atoms with van der Waals surface area (Å²) in [6.45, 7) is 6.54. The largest absolute Gasteiger partial charge is 0.392 e. The first-order valence-electron chi connectivity index (χ1n) is 2.66. The SMILES string of the molecule is C=C(CO)C(C)(C)OO. The summed E-state index contributed by atoms with van der Waals surface area (Å²) in [4.78, 5) is 4.03. The first-order valence-corrected chi connectivity index (χ1v) is 2.66. The van der Waals surface area contributed by atoms with Crippen molar-refractivity contribution in [1.82, 2.24) is 0 Å². The third-order valence-electron chi connectivity index (χ3n) is 1.27. The van der Waals surface area contributed by atoms with Crippen molar-refractivity contribution in [2.24, 2.45) is 0 Å². The van der Waals surface area contributed by atoms with Crippen LogP contribution in [-0.4, -0.2) is 22.6 Å². The third-order valence-corrected chi connectivity index (χ3v) is 1.27. The van der Waals surface area contributed by atoms with E-state index in [1.54, 1.807) is 13.8 Å². The zero-order valence-corrected chi connectivity index (χ0v) is 5.72. The minimum absolute atomic E-state index is 0.173. The van der Waals surface area contributed by atoms with E-state index in [4.69, 9.17) is 10.4 Å². The van der Waals surface area contributed by atoms with Gasteiger partial charge in [-0.25, -0.2) is 4.89 Å². The average molecular weight is 132 g/mol. The maximum atomic E-state index is 8.51. The molecular formula is C6H12O3. The van der Waals surface area contributed by atoms with Gasteiger partial charge in [-0.1, -0.05) is 6.58 Å². The van der Waals surface area contributed by atoms with E-state index in [0.717, 1.165) is 0 Å². The molecule has 0 aliphatic rings. The molecule has 3 heteroatoms. The van der Waals surface area contributed by atoms with Crippen LogP contribution in [0.25, 0.3) is 0 Å². The highest BCUT2D eigenvalue weighted by molar-refractivity contribution is 5.08. The molecule has 54 valence electrons. The second kappa shape index (κ2) is 2.96. The quantitative estimate of drug-likeness (QED) is 0.339. The molecule has 0 heterocycles. The van der Waals surface area contributed by atoms with Gasteiger partial charge in [-0.05, 0) is 19.4 Å². The molecule has 0 saturated heterocycles. The van der Waals surface area contributed by atoms with Gasteiger partial charge in [0.2, 0.25) is 0 Å². The highest BCUT2D eigenvalue weighted by Gasteiger charge is 2.21. The molecule has 0 atom stereocenters. The van der Waals surface area contributed by atoms with E-state index in [1.165, 1.54) is 0 Å². The van der Waals surface area contributed by atoms with Gasteiger partial charge in [0.1, 0.15) is 5.60 Å². The average Bonchev–Trinajstić information content (AvgIpc) is 1.86. The topological polar surface area (TPSA) is 49.7 Å². The Morgan fingerprint density at radius 3 is 2.22 bits per heavy atom. The maximum absolute atomic E-state index is 8.51. The Labute approximate surface area is 54.5 Å². The van der Waals surface area contributed by atoms with Crippen LogP contribution >= 0.6 is 0 Å². The molecule has 0 bridgehead atoms. The van der Waals surface area contributed by atoms with Crippen LogP contribution in [0.3, 0.4) is 0 Å². The Kier molecular flexibility index (Phi) is 2.84. The number of rotatable bonds is 3. The molecule has 0 saturated carbocycles. The van der Waals surface area contributed by atoms with Gasteiger partial charge in [0, 0.05) is 0 Å². The summed E-state index contributed by atoms with van der Waals surface area (Å²) in [6, 6.07) is 0. The van der Waals surface area contributed by atoms with Gasteiger partial charge in [0.15, 0.2) is 0 Å². The Balaban J connectivity index is 3.97. The van der Waals surface area contributed by atoms with Crippen molar-refractivity contribution < 1.29 is 15.3 Å². The molecule has 0 aromatic rings. The van der Waals surface area contributed by atoms with Gasteiger partial charge in [-0.3, -0.25) is 5.26 Å². The standard InChI is InChI=1S/C6H12O3/c1-5(4-7)6(2,3)9-8/h7-8H,1,4H2,2-3H3. The van der Waals surface area contributed by atoms with Gasteiger partial charge in [-0.2, -0.15) is 0 Å². The second-order valence-electron chi connectivity index (χ2n) is 2.36. The lowest BCUT2D eigenvalue weighted by Crippen LogP contribution is -2.26. The van der Waals surface area contributed by atoms with Crippen molar-refractivity contribution in [2.75, 3.05) is 6.61 Å². The number of hydrogen-bond donors (Lipinski definition) is 2. The van der Waals surface area contributed by atoms with Gasteiger partial charge in [0.25, 0.3) is 0 Å². The van der Waals surface area contributed by atoms with Crippen molar-refractivity contribution in [3.8, 4) is 0 Å². The zero-order valence-electron chi connectivity index (χ0n) is 5.72.